The minimum Gasteiger partial charge on any atom is -0.392 e. The molecule has 0 amide bonds. The zero-order chi connectivity index (χ0) is 12.4. The van der Waals surface area contributed by atoms with Gasteiger partial charge >= 0.3 is 0 Å². The summed E-state index contributed by atoms with van der Waals surface area (Å²) in [6.45, 7) is 8.71. The molecule has 0 aliphatic carbocycles. The lowest BCUT2D eigenvalue weighted by atomic mass is 10.1. The predicted octanol–water partition coefficient (Wildman–Crippen LogP) is 4.02. The second-order valence-electron chi connectivity index (χ2n) is 4.64. The molecule has 2 heteroatoms. The summed E-state index contributed by atoms with van der Waals surface area (Å²) in [5.74, 6) is 0. The number of aliphatic hydroxyl groups excluding tert-OH is 1. The average molecular weight is 233 g/mol. The second-order valence-corrected chi connectivity index (χ2v) is 4.64. The van der Waals surface area contributed by atoms with Crippen molar-refractivity contribution < 1.29 is 5.11 Å². The van der Waals surface area contributed by atoms with Crippen molar-refractivity contribution in [2.45, 2.75) is 53.4 Å². The third-order valence-corrected chi connectivity index (χ3v) is 2.56. The SMILES string of the molecule is CC(C)=CCCC(C)=CCCC(C)=CCO.[B]. The highest BCUT2D eigenvalue weighted by molar-refractivity contribution is 5.75. The quantitative estimate of drug-likeness (QED) is 0.520. The normalized spacial score (nSPS) is 12.1. The van der Waals surface area contributed by atoms with Gasteiger partial charge in [-0.25, -0.2) is 0 Å². The maximum atomic E-state index is 8.72. The van der Waals surface area contributed by atoms with Crippen LogP contribution in [0.1, 0.15) is 53.4 Å². The molecule has 17 heavy (non-hydrogen) atoms. The van der Waals surface area contributed by atoms with Crippen LogP contribution in [-0.4, -0.2) is 20.1 Å². The Balaban J connectivity index is 0. The number of allylic oxidation sites excluding steroid dienone is 5. The molecule has 0 unspecified atom stereocenters. The summed E-state index contributed by atoms with van der Waals surface area (Å²) >= 11 is 0. The highest BCUT2D eigenvalue weighted by Gasteiger charge is 1.91. The van der Waals surface area contributed by atoms with Crippen LogP contribution in [0.25, 0.3) is 0 Å². The van der Waals surface area contributed by atoms with Crippen molar-refractivity contribution in [3.63, 3.8) is 0 Å². The van der Waals surface area contributed by atoms with Gasteiger partial charge in [-0.15, -0.1) is 0 Å². The fourth-order valence-corrected chi connectivity index (χ4v) is 1.49. The monoisotopic (exact) mass is 233 g/mol. The standard InChI is InChI=1S/C15H26O.B/c1-13(2)7-5-8-14(3)9-6-10-15(4)11-12-16;/h7,9,11,16H,5-6,8,10,12H2,1-4H3;. The van der Waals surface area contributed by atoms with E-state index in [2.05, 4.69) is 39.8 Å². The molecule has 0 rings (SSSR count). The molecule has 0 heterocycles. The van der Waals surface area contributed by atoms with E-state index < -0.39 is 0 Å². The van der Waals surface area contributed by atoms with E-state index >= 15 is 0 Å². The molecule has 0 aliphatic rings. The van der Waals surface area contributed by atoms with Crippen molar-refractivity contribution in [2.24, 2.45) is 0 Å². The van der Waals surface area contributed by atoms with Gasteiger partial charge in [0.1, 0.15) is 0 Å². The Morgan fingerprint density at radius 2 is 1.29 bits per heavy atom. The van der Waals surface area contributed by atoms with Gasteiger partial charge in [-0.2, -0.15) is 0 Å². The summed E-state index contributed by atoms with van der Waals surface area (Å²) in [6, 6.07) is 0. The molecule has 0 fully saturated rings. The molecular weight excluding hydrogens is 207 g/mol. The summed E-state index contributed by atoms with van der Waals surface area (Å²) < 4.78 is 0. The van der Waals surface area contributed by atoms with Crippen LogP contribution in [0.4, 0.5) is 0 Å². The fraction of sp³-hybridized carbons (Fsp3) is 0.600. The Morgan fingerprint density at radius 1 is 0.824 bits per heavy atom. The summed E-state index contributed by atoms with van der Waals surface area (Å²) in [4.78, 5) is 0. The maximum absolute atomic E-state index is 8.72. The first kappa shape index (κ1) is 18.6. The number of aliphatic hydroxyl groups is 1. The Hall–Kier alpha value is -0.755. The zero-order valence-corrected chi connectivity index (χ0v) is 11.8. The molecule has 95 valence electrons. The average Bonchev–Trinajstić information content (AvgIpc) is 2.17. The van der Waals surface area contributed by atoms with E-state index in [1.54, 1.807) is 0 Å². The van der Waals surface area contributed by atoms with Crippen molar-refractivity contribution in [3.05, 3.63) is 34.9 Å². The highest BCUT2D eigenvalue weighted by Crippen LogP contribution is 2.10. The van der Waals surface area contributed by atoms with Crippen molar-refractivity contribution in [1.82, 2.24) is 0 Å². The van der Waals surface area contributed by atoms with Gasteiger partial charge < -0.3 is 5.11 Å². The second kappa shape index (κ2) is 11.7. The summed E-state index contributed by atoms with van der Waals surface area (Å²) in [5, 5.41) is 8.72. The van der Waals surface area contributed by atoms with Crippen molar-refractivity contribution >= 4 is 8.41 Å². The largest absolute Gasteiger partial charge is 0.392 e. The van der Waals surface area contributed by atoms with Crippen LogP contribution in [0.3, 0.4) is 0 Å². The minimum atomic E-state index is 0. The van der Waals surface area contributed by atoms with Crippen molar-refractivity contribution in [1.29, 1.82) is 0 Å². The molecule has 3 radical (unpaired) electrons. The van der Waals surface area contributed by atoms with E-state index in [1.165, 1.54) is 16.7 Å². The molecule has 1 nitrogen and oxygen atoms in total. The molecule has 0 saturated heterocycles. The highest BCUT2D eigenvalue weighted by atomic mass is 16.2. The van der Waals surface area contributed by atoms with E-state index in [0.717, 1.165) is 25.7 Å². The first-order valence-electron chi connectivity index (χ1n) is 6.11. The molecular formula is C15H26BO. The van der Waals surface area contributed by atoms with E-state index in [1.807, 2.05) is 6.08 Å². The van der Waals surface area contributed by atoms with Gasteiger partial charge in [-0.1, -0.05) is 34.9 Å². The van der Waals surface area contributed by atoms with Crippen LogP contribution in [0.15, 0.2) is 34.9 Å². The lowest BCUT2D eigenvalue weighted by molar-refractivity contribution is 0.341. The van der Waals surface area contributed by atoms with Gasteiger partial charge in [-0.05, 0) is 53.4 Å². The van der Waals surface area contributed by atoms with Gasteiger partial charge in [0.05, 0.1) is 6.61 Å². The molecule has 0 aromatic rings. The molecule has 0 aliphatic heterocycles. The predicted molar refractivity (Wildman–Crippen MR) is 78.3 cm³/mol. The maximum Gasteiger partial charge on any atom is 0.0614 e. The van der Waals surface area contributed by atoms with Gasteiger partial charge in [0.2, 0.25) is 0 Å². The molecule has 0 spiro atoms. The number of hydrogen-bond acceptors (Lipinski definition) is 1. The molecule has 0 bridgehead atoms. The third-order valence-electron chi connectivity index (χ3n) is 2.56. The van der Waals surface area contributed by atoms with E-state index in [0.29, 0.717) is 0 Å². The molecule has 0 atom stereocenters. The van der Waals surface area contributed by atoms with E-state index in [-0.39, 0.29) is 15.0 Å². The lowest BCUT2D eigenvalue weighted by Gasteiger charge is -2.00. The Bertz CT molecular complexity index is 271. The first-order chi connectivity index (χ1) is 7.56. The van der Waals surface area contributed by atoms with Gasteiger partial charge in [0.15, 0.2) is 0 Å². The topological polar surface area (TPSA) is 20.2 Å². The Morgan fingerprint density at radius 3 is 1.76 bits per heavy atom. The van der Waals surface area contributed by atoms with Crippen LogP contribution in [0.2, 0.25) is 0 Å². The van der Waals surface area contributed by atoms with Gasteiger partial charge in [-0.3, -0.25) is 0 Å². The number of hydrogen-bond donors (Lipinski definition) is 1. The van der Waals surface area contributed by atoms with Crippen LogP contribution in [-0.2, 0) is 0 Å². The number of rotatable bonds is 7. The molecule has 0 aromatic heterocycles. The summed E-state index contributed by atoms with van der Waals surface area (Å²) in [7, 11) is 0. The van der Waals surface area contributed by atoms with Gasteiger partial charge in [0.25, 0.3) is 0 Å². The smallest absolute Gasteiger partial charge is 0.0614 e. The first-order valence-corrected chi connectivity index (χ1v) is 6.11. The summed E-state index contributed by atoms with van der Waals surface area (Å²) in [6.07, 6.45) is 10.9. The molecule has 0 aromatic carbocycles. The molecule has 1 N–H and O–H groups in total. The summed E-state index contributed by atoms with van der Waals surface area (Å²) in [5.41, 5.74) is 4.14. The molecule has 0 saturated carbocycles. The van der Waals surface area contributed by atoms with Crippen molar-refractivity contribution in [3.8, 4) is 0 Å². The van der Waals surface area contributed by atoms with Gasteiger partial charge in [0, 0.05) is 8.41 Å². The van der Waals surface area contributed by atoms with Crippen LogP contribution in [0.5, 0.6) is 0 Å². The zero-order valence-electron chi connectivity index (χ0n) is 11.8. The Labute approximate surface area is 109 Å². The third kappa shape index (κ3) is 13.2. The van der Waals surface area contributed by atoms with Crippen LogP contribution in [0, 0.1) is 0 Å². The van der Waals surface area contributed by atoms with Crippen LogP contribution < -0.4 is 0 Å². The lowest BCUT2D eigenvalue weighted by Crippen LogP contribution is -1.82. The Kier molecular flexibility index (Phi) is 12.8. The fourth-order valence-electron chi connectivity index (χ4n) is 1.49. The van der Waals surface area contributed by atoms with Crippen molar-refractivity contribution in [2.75, 3.05) is 6.61 Å². The minimum absolute atomic E-state index is 0. The van der Waals surface area contributed by atoms with Crippen LogP contribution >= 0.6 is 0 Å². The van der Waals surface area contributed by atoms with E-state index in [9.17, 15) is 0 Å². The van der Waals surface area contributed by atoms with E-state index in [4.69, 9.17) is 5.11 Å².